The number of likely N-dealkylation sites (tertiary alicyclic amines) is 1. The molecule has 1 saturated heterocycles. The highest BCUT2D eigenvalue weighted by atomic mass is 16.1. The largest absolute Gasteiger partial charge is 0.368 e. The molecule has 0 saturated carbocycles. The maximum Gasteiger partial charge on any atom is 0.237 e. The van der Waals surface area contributed by atoms with Crippen molar-refractivity contribution in [2.45, 2.75) is 51.6 Å². The molecule has 1 aliphatic rings. The summed E-state index contributed by atoms with van der Waals surface area (Å²) < 4.78 is 0. The zero-order valence-electron chi connectivity index (χ0n) is 14.5. The smallest absolute Gasteiger partial charge is 0.237 e. The summed E-state index contributed by atoms with van der Waals surface area (Å²) in [6, 6.07) is 0.259. The SMILES string of the molecule is CC(C)NC(C)(CCCN(C)CC1CCN(C)C1)C(N)=O. The van der Waals surface area contributed by atoms with Crippen molar-refractivity contribution < 1.29 is 4.79 Å². The van der Waals surface area contributed by atoms with E-state index in [0.717, 1.165) is 31.8 Å². The Morgan fingerprint density at radius 3 is 2.67 bits per heavy atom. The molecule has 5 nitrogen and oxygen atoms in total. The van der Waals surface area contributed by atoms with Crippen LogP contribution in [0, 0.1) is 5.92 Å². The lowest BCUT2D eigenvalue weighted by molar-refractivity contribution is -0.124. The fourth-order valence-corrected chi connectivity index (χ4v) is 3.31. The first-order valence-corrected chi connectivity index (χ1v) is 8.17. The van der Waals surface area contributed by atoms with Gasteiger partial charge >= 0.3 is 0 Å². The van der Waals surface area contributed by atoms with E-state index in [2.05, 4.69) is 29.2 Å². The summed E-state index contributed by atoms with van der Waals surface area (Å²) in [7, 11) is 4.37. The molecule has 1 rings (SSSR count). The van der Waals surface area contributed by atoms with Crippen LogP contribution in [0.4, 0.5) is 0 Å². The number of rotatable bonds is 9. The molecule has 0 radical (unpaired) electrons. The molecule has 1 fully saturated rings. The van der Waals surface area contributed by atoms with Crippen LogP contribution in [-0.4, -0.2) is 67.6 Å². The number of carbonyl (C=O) groups excluding carboxylic acids is 1. The molecule has 3 N–H and O–H groups in total. The van der Waals surface area contributed by atoms with Gasteiger partial charge in [-0.3, -0.25) is 4.79 Å². The summed E-state index contributed by atoms with van der Waals surface area (Å²) in [6.07, 6.45) is 3.07. The van der Waals surface area contributed by atoms with Gasteiger partial charge in [0.1, 0.15) is 0 Å². The highest BCUT2D eigenvalue weighted by Gasteiger charge is 2.31. The summed E-state index contributed by atoms with van der Waals surface area (Å²) >= 11 is 0. The van der Waals surface area contributed by atoms with E-state index >= 15 is 0 Å². The number of amides is 1. The van der Waals surface area contributed by atoms with Crippen LogP contribution in [0.25, 0.3) is 0 Å². The summed E-state index contributed by atoms with van der Waals surface area (Å²) in [5, 5.41) is 3.31. The monoisotopic (exact) mass is 298 g/mol. The van der Waals surface area contributed by atoms with Crippen molar-refractivity contribution in [1.82, 2.24) is 15.1 Å². The number of primary amides is 1. The molecule has 5 heteroatoms. The maximum atomic E-state index is 11.7. The van der Waals surface area contributed by atoms with Gasteiger partial charge in [0.25, 0.3) is 0 Å². The summed E-state index contributed by atoms with van der Waals surface area (Å²) in [5.74, 6) is 0.535. The van der Waals surface area contributed by atoms with Crippen LogP contribution >= 0.6 is 0 Å². The second kappa shape index (κ2) is 8.11. The molecule has 0 aromatic heterocycles. The van der Waals surface area contributed by atoms with Crippen LogP contribution in [0.5, 0.6) is 0 Å². The molecule has 0 bridgehead atoms. The zero-order chi connectivity index (χ0) is 16.0. The Kier molecular flexibility index (Phi) is 7.10. The molecule has 2 atom stereocenters. The second-order valence-corrected chi connectivity index (χ2v) is 7.28. The highest BCUT2D eigenvalue weighted by Crippen LogP contribution is 2.17. The van der Waals surface area contributed by atoms with Gasteiger partial charge in [-0.05, 0) is 73.1 Å². The Labute approximate surface area is 130 Å². The van der Waals surface area contributed by atoms with E-state index in [0.29, 0.717) is 0 Å². The second-order valence-electron chi connectivity index (χ2n) is 7.28. The Morgan fingerprint density at radius 2 is 2.19 bits per heavy atom. The summed E-state index contributed by atoms with van der Waals surface area (Å²) in [6.45, 7) is 10.6. The van der Waals surface area contributed by atoms with Gasteiger partial charge in [-0.1, -0.05) is 0 Å². The minimum absolute atomic E-state index is 0.253. The number of hydrogen-bond acceptors (Lipinski definition) is 4. The third-order valence-corrected chi connectivity index (χ3v) is 4.43. The Morgan fingerprint density at radius 1 is 1.52 bits per heavy atom. The van der Waals surface area contributed by atoms with E-state index in [1.54, 1.807) is 0 Å². The van der Waals surface area contributed by atoms with Gasteiger partial charge in [0.2, 0.25) is 5.91 Å². The first-order valence-electron chi connectivity index (χ1n) is 8.17. The normalized spacial score (nSPS) is 22.9. The molecule has 0 spiro atoms. The summed E-state index contributed by atoms with van der Waals surface area (Å²) in [5.41, 5.74) is 4.97. The number of carbonyl (C=O) groups is 1. The molecule has 0 aromatic rings. The van der Waals surface area contributed by atoms with E-state index in [9.17, 15) is 4.79 Å². The third kappa shape index (κ3) is 6.32. The Balaban J connectivity index is 2.31. The van der Waals surface area contributed by atoms with Gasteiger partial charge in [0.05, 0.1) is 5.54 Å². The predicted molar refractivity (Wildman–Crippen MR) is 88.2 cm³/mol. The average molecular weight is 298 g/mol. The lowest BCUT2D eigenvalue weighted by Gasteiger charge is -2.31. The van der Waals surface area contributed by atoms with Crippen molar-refractivity contribution in [2.75, 3.05) is 40.3 Å². The Hall–Kier alpha value is -0.650. The van der Waals surface area contributed by atoms with E-state index in [4.69, 9.17) is 5.73 Å². The van der Waals surface area contributed by atoms with E-state index in [-0.39, 0.29) is 11.9 Å². The van der Waals surface area contributed by atoms with Gasteiger partial charge in [0, 0.05) is 19.1 Å². The molecule has 124 valence electrons. The molecule has 0 aromatic carbocycles. The van der Waals surface area contributed by atoms with Gasteiger partial charge in [-0.25, -0.2) is 0 Å². The van der Waals surface area contributed by atoms with Gasteiger partial charge < -0.3 is 20.9 Å². The lowest BCUT2D eigenvalue weighted by Crippen LogP contribution is -2.55. The lowest BCUT2D eigenvalue weighted by atomic mass is 9.93. The van der Waals surface area contributed by atoms with Crippen molar-refractivity contribution >= 4 is 5.91 Å². The van der Waals surface area contributed by atoms with Crippen LogP contribution in [0.2, 0.25) is 0 Å². The number of nitrogens with two attached hydrogens (primary N) is 1. The van der Waals surface area contributed by atoms with Crippen molar-refractivity contribution in [1.29, 1.82) is 0 Å². The van der Waals surface area contributed by atoms with Crippen molar-refractivity contribution in [3.05, 3.63) is 0 Å². The van der Waals surface area contributed by atoms with E-state index in [1.165, 1.54) is 19.5 Å². The zero-order valence-corrected chi connectivity index (χ0v) is 14.5. The van der Waals surface area contributed by atoms with Gasteiger partial charge in [0.15, 0.2) is 0 Å². The van der Waals surface area contributed by atoms with Gasteiger partial charge in [-0.2, -0.15) is 0 Å². The van der Waals surface area contributed by atoms with E-state index < -0.39 is 5.54 Å². The Bertz CT molecular complexity index is 334. The topological polar surface area (TPSA) is 61.6 Å². The molecule has 1 amide bonds. The predicted octanol–water partition coefficient (Wildman–Crippen LogP) is 0.892. The molecular weight excluding hydrogens is 264 g/mol. The molecular formula is C16H34N4O. The average Bonchev–Trinajstić information content (AvgIpc) is 2.73. The van der Waals surface area contributed by atoms with Crippen molar-refractivity contribution in [3.63, 3.8) is 0 Å². The molecule has 1 heterocycles. The van der Waals surface area contributed by atoms with Crippen molar-refractivity contribution in [2.24, 2.45) is 11.7 Å². The summed E-state index contributed by atoms with van der Waals surface area (Å²) in [4.78, 5) is 16.5. The van der Waals surface area contributed by atoms with Crippen LogP contribution in [0.15, 0.2) is 0 Å². The standard InChI is InChI=1S/C16H34N4O/c1-13(2)18-16(3,15(17)21)8-6-9-19(4)11-14-7-10-20(5)12-14/h13-14,18H,6-12H2,1-5H3,(H2,17,21). The fraction of sp³-hybridized carbons (Fsp3) is 0.938. The van der Waals surface area contributed by atoms with Crippen LogP contribution in [0.3, 0.4) is 0 Å². The van der Waals surface area contributed by atoms with Crippen LogP contribution in [0.1, 0.15) is 40.0 Å². The number of hydrogen-bond donors (Lipinski definition) is 2. The minimum Gasteiger partial charge on any atom is -0.368 e. The maximum absolute atomic E-state index is 11.7. The minimum atomic E-state index is -0.595. The van der Waals surface area contributed by atoms with Crippen molar-refractivity contribution in [3.8, 4) is 0 Å². The molecule has 0 aliphatic carbocycles. The highest BCUT2D eigenvalue weighted by molar-refractivity contribution is 5.84. The fourth-order valence-electron chi connectivity index (χ4n) is 3.31. The number of nitrogens with one attached hydrogen (secondary N) is 1. The van der Waals surface area contributed by atoms with Gasteiger partial charge in [-0.15, -0.1) is 0 Å². The van der Waals surface area contributed by atoms with E-state index in [1.807, 2.05) is 20.8 Å². The first-order chi connectivity index (χ1) is 9.73. The molecule has 2 unspecified atom stereocenters. The quantitative estimate of drug-likeness (QED) is 0.664. The third-order valence-electron chi connectivity index (χ3n) is 4.43. The van der Waals surface area contributed by atoms with Crippen LogP contribution < -0.4 is 11.1 Å². The molecule has 21 heavy (non-hydrogen) atoms. The number of nitrogens with zero attached hydrogens (tertiary/aromatic N) is 2. The molecule has 1 aliphatic heterocycles. The van der Waals surface area contributed by atoms with Crippen LogP contribution in [-0.2, 0) is 4.79 Å². The first kappa shape index (κ1) is 18.4.